The molecule has 0 unspecified atom stereocenters. The number of nitrogens with zero attached hydrogens (tertiary/aromatic N) is 1. The van der Waals surface area contributed by atoms with Crippen LogP contribution in [0.2, 0.25) is 0 Å². The van der Waals surface area contributed by atoms with Crippen molar-refractivity contribution < 1.29 is 0 Å². The Kier molecular flexibility index (Phi) is 4.60. The highest BCUT2D eigenvalue weighted by molar-refractivity contribution is 9.10. The maximum Gasteiger partial charge on any atom is 0.0494 e. The van der Waals surface area contributed by atoms with Crippen molar-refractivity contribution >= 4 is 33.2 Å². The van der Waals surface area contributed by atoms with Crippen LogP contribution in [0.3, 0.4) is 0 Å². The molecule has 1 aromatic carbocycles. The summed E-state index contributed by atoms with van der Waals surface area (Å²) >= 11 is 9.63. The summed E-state index contributed by atoms with van der Waals surface area (Å²) in [6, 6.07) is 6.41. The quantitative estimate of drug-likeness (QED) is 0.685. The summed E-state index contributed by atoms with van der Waals surface area (Å²) in [6.45, 7) is 6.95. The zero-order chi connectivity index (χ0) is 13.2. The average molecular weight is 331 g/mol. The van der Waals surface area contributed by atoms with Gasteiger partial charge in [0.2, 0.25) is 0 Å². The van der Waals surface area contributed by atoms with Crippen LogP contribution in [0.15, 0.2) is 22.7 Å². The first kappa shape index (κ1) is 14.2. The van der Waals surface area contributed by atoms with Crippen molar-refractivity contribution in [2.75, 3.05) is 18.0 Å². The van der Waals surface area contributed by atoms with E-state index < -0.39 is 0 Å². The fraction of sp³-hybridized carbons (Fsp3) is 0.600. The zero-order valence-corrected chi connectivity index (χ0v) is 13.5. The molecule has 2 rings (SSSR count). The fourth-order valence-corrected chi connectivity index (χ4v) is 3.49. The van der Waals surface area contributed by atoms with Crippen LogP contribution in [0.25, 0.3) is 0 Å². The van der Waals surface area contributed by atoms with Crippen LogP contribution in [-0.4, -0.2) is 13.1 Å². The summed E-state index contributed by atoms with van der Waals surface area (Å²) in [7, 11) is 0. The molecule has 0 spiro atoms. The molecule has 100 valence electrons. The summed E-state index contributed by atoms with van der Waals surface area (Å²) in [5.74, 6) is 0.588. The van der Waals surface area contributed by atoms with E-state index in [-0.39, 0.29) is 0 Å². The van der Waals surface area contributed by atoms with Gasteiger partial charge in [-0.05, 0) is 42.4 Å². The summed E-state index contributed by atoms with van der Waals surface area (Å²) in [5, 5.41) is 0. The second-order valence-electron chi connectivity index (χ2n) is 5.29. The van der Waals surface area contributed by atoms with Gasteiger partial charge in [0.25, 0.3) is 0 Å². The van der Waals surface area contributed by atoms with Crippen molar-refractivity contribution in [1.82, 2.24) is 0 Å². The van der Waals surface area contributed by atoms with Crippen LogP contribution < -0.4 is 4.90 Å². The molecular weight excluding hydrogens is 310 g/mol. The lowest BCUT2D eigenvalue weighted by molar-refractivity contribution is 0.301. The highest BCUT2D eigenvalue weighted by Gasteiger charge is 2.35. The zero-order valence-electron chi connectivity index (χ0n) is 11.2. The van der Waals surface area contributed by atoms with Gasteiger partial charge in [0.05, 0.1) is 0 Å². The molecule has 0 aromatic heterocycles. The first-order valence-corrected chi connectivity index (χ1v) is 8.06. The van der Waals surface area contributed by atoms with Crippen molar-refractivity contribution in [2.45, 2.75) is 39.0 Å². The predicted octanol–water partition coefficient (Wildman–Crippen LogP) is 5.20. The van der Waals surface area contributed by atoms with Crippen LogP contribution in [0, 0.1) is 5.41 Å². The van der Waals surface area contributed by atoms with E-state index in [1.54, 1.807) is 0 Å². The highest BCUT2D eigenvalue weighted by Crippen LogP contribution is 2.40. The topological polar surface area (TPSA) is 3.24 Å². The predicted molar refractivity (Wildman–Crippen MR) is 83.5 cm³/mol. The van der Waals surface area contributed by atoms with E-state index in [1.165, 1.54) is 37.1 Å². The normalized spacial score (nSPS) is 18.3. The molecule has 1 heterocycles. The third-order valence-electron chi connectivity index (χ3n) is 4.47. The Bertz CT molecular complexity index is 415. The third kappa shape index (κ3) is 2.70. The molecule has 0 aliphatic carbocycles. The fourth-order valence-electron chi connectivity index (χ4n) is 2.91. The minimum absolute atomic E-state index is 0.506. The van der Waals surface area contributed by atoms with Gasteiger partial charge in [0, 0.05) is 29.1 Å². The second kappa shape index (κ2) is 5.83. The minimum atomic E-state index is 0.506. The Morgan fingerprint density at radius 1 is 1.33 bits per heavy atom. The second-order valence-corrected chi connectivity index (χ2v) is 6.47. The molecule has 1 saturated heterocycles. The molecule has 1 aromatic rings. The maximum absolute atomic E-state index is 6.06. The van der Waals surface area contributed by atoms with E-state index in [1.807, 2.05) is 0 Å². The Hall–Kier alpha value is -0.210. The van der Waals surface area contributed by atoms with Gasteiger partial charge < -0.3 is 4.90 Å². The van der Waals surface area contributed by atoms with Gasteiger partial charge in [-0.15, -0.1) is 11.6 Å². The molecule has 1 fully saturated rings. The molecule has 1 aliphatic heterocycles. The molecule has 0 bridgehead atoms. The van der Waals surface area contributed by atoms with Crippen molar-refractivity contribution in [1.29, 1.82) is 0 Å². The van der Waals surface area contributed by atoms with Gasteiger partial charge >= 0.3 is 0 Å². The molecule has 0 N–H and O–H groups in total. The SMILES string of the molecule is CCC1(CC)CCN(c2cc(Br)ccc2CCl)C1. The smallest absolute Gasteiger partial charge is 0.0494 e. The molecular formula is C15H21BrClN. The van der Waals surface area contributed by atoms with Crippen LogP contribution in [-0.2, 0) is 5.88 Å². The Balaban J connectivity index is 2.26. The molecule has 0 amide bonds. The van der Waals surface area contributed by atoms with E-state index in [2.05, 4.69) is 52.9 Å². The molecule has 0 radical (unpaired) electrons. The maximum atomic E-state index is 6.06. The van der Waals surface area contributed by atoms with Crippen molar-refractivity contribution in [2.24, 2.45) is 5.41 Å². The van der Waals surface area contributed by atoms with E-state index in [0.717, 1.165) is 11.0 Å². The number of rotatable bonds is 4. The molecule has 0 saturated carbocycles. The van der Waals surface area contributed by atoms with Gasteiger partial charge in [-0.25, -0.2) is 0 Å². The first-order valence-electron chi connectivity index (χ1n) is 6.73. The molecule has 3 heteroatoms. The standard InChI is InChI=1S/C15H21BrClN/c1-3-15(4-2)7-8-18(11-15)14-9-13(16)6-5-12(14)10-17/h5-6,9H,3-4,7-8,10-11H2,1-2H3. The highest BCUT2D eigenvalue weighted by atomic mass is 79.9. The lowest BCUT2D eigenvalue weighted by Crippen LogP contribution is -2.26. The number of anilines is 1. The van der Waals surface area contributed by atoms with E-state index in [0.29, 0.717) is 11.3 Å². The number of halogens is 2. The van der Waals surface area contributed by atoms with Gasteiger partial charge in [-0.3, -0.25) is 0 Å². The van der Waals surface area contributed by atoms with Crippen LogP contribution in [0.5, 0.6) is 0 Å². The van der Waals surface area contributed by atoms with Gasteiger partial charge in [0.1, 0.15) is 0 Å². The summed E-state index contributed by atoms with van der Waals surface area (Å²) in [6.07, 6.45) is 3.84. The van der Waals surface area contributed by atoms with Crippen LogP contribution in [0.4, 0.5) is 5.69 Å². The third-order valence-corrected chi connectivity index (χ3v) is 5.25. The van der Waals surface area contributed by atoms with Crippen LogP contribution in [0.1, 0.15) is 38.7 Å². The Morgan fingerprint density at radius 2 is 2.06 bits per heavy atom. The van der Waals surface area contributed by atoms with Gasteiger partial charge in [-0.2, -0.15) is 0 Å². The lowest BCUT2D eigenvalue weighted by atomic mass is 9.82. The van der Waals surface area contributed by atoms with E-state index >= 15 is 0 Å². The molecule has 1 nitrogen and oxygen atoms in total. The summed E-state index contributed by atoms with van der Waals surface area (Å²) in [4.78, 5) is 2.51. The number of hydrogen-bond donors (Lipinski definition) is 0. The van der Waals surface area contributed by atoms with Crippen LogP contribution >= 0.6 is 27.5 Å². The summed E-state index contributed by atoms with van der Waals surface area (Å²) < 4.78 is 1.14. The van der Waals surface area contributed by atoms with Crippen molar-refractivity contribution in [3.05, 3.63) is 28.2 Å². The van der Waals surface area contributed by atoms with Gasteiger partial charge in [0.15, 0.2) is 0 Å². The molecule has 0 atom stereocenters. The van der Waals surface area contributed by atoms with Crippen molar-refractivity contribution in [3.63, 3.8) is 0 Å². The molecule has 1 aliphatic rings. The number of alkyl halides is 1. The number of benzene rings is 1. The summed E-state index contributed by atoms with van der Waals surface area (Å²) in [5.41, 5.74) is 3.05. The van der Waals surface area contributed by atoms with Crippen molar-refractivity contribution in [3.8, 4) is 0 Å². The van der Waals surface area contributed by atoms with E-state index in [9.17, 15) is 0 Å². The van der Waals surface area contributed by atoms with E-state index in [4.69, 9.17) is 11.6 Å². The monoisotopic (exact) mass is 329 g/mol. The van der Waals surface area contributed by atoms with Gasteiger partial charge in [-0.1, -0.05) is 35.8 Å². The Labute approximate surface area is 124 Å². The average Bonchev–Trinajstić information content (AvgIpc) is 2.83. The minimum Gasteiger partial charge on any atom is -0.371 e. The first-order chi connectivity index (χ1) is 8.64. The largest absolute Gasteiger partial charge is 0.371 e. The number of hydrogen-bond acceptors (Lipinski definition) is 1. The lowest BCUT2D eigenvalue weighted by Gasteiger charge is -2.28. The Morgan fingerprint density at radius 3 is 2.61 bits per heavy atom. The molecule has 18 heavy (non-hydrogen) atoms.